The number of rotatable bonds is 26. The molecule has 0 spiro atoms. The normalized spacial score (nSPS) is 22.9. The summed E-state index contributed by atoms with van der Waals surface area (Å²) in [7, 11) is 0. The number of carbonyl (C=O) groups excluding carboxylic acids is 1. The van der Waals surface area contributed by atoms with Crippen LogP contribution in [0.3, 0.4) is 0 Å². The smallest absolute Gasteiger partial charge is 0.224 e. The Morgan fingerprint density at radius 3 is 1.61 bits per heavy atom. The van der Waals surface area contributed by atoms with Crippen LogP contribution in [0.4, 0.5) is 0 Å². The van der Waals surface area contributed by atoms with E-state index in [2.05, 4.69) is 26.0 Å². The molecule has 0 aliphatic carbocycles. The van der Waals surface area contributed by atoms with Gasteiger partial charge in [-0.15, -0.1) is 0 Å². The summed E-state index contributed by atoms with van der Waals surface area (Å²) in [6.45, 7) is 4.40. The lowest BCUT2D eigenvalue weighted by atomic mass is 9.97. The van der Waals surface area contributed by atoms with E-state index in [0.29, 0.717) is 13.0 Å². The molecular weight excluding hydrogens is 518 g/mol. The van der Waals surface area contributed by atoms with E-state index in [1.807, 2.05) is 0 Å². The monoisotopic (exact) mass is 583 g/mol. The molecule has 0 aromatic heterocycles. The molecule has 1 unspecified atom stereocenters. The molecule has 0 saturated carbocycles. The van der Waals surface area contributed by atoms with Crippen LogP contribution >= 0.6 is 0 Å². The first kappa shape index (κ1) is 38.0. The molecule has 0 aromatic carbocycles. The van der Waals surface area contributed by atoms with Crippen LogP contribution in [-0.2, 0) is 9.53 Å². The van der Waals surface area contributed by atoms with Gasteiger partial charge >= 0.3 is 0 Å². The van der Waals surface area contributed by atoms with Crippen molar-refractivity contribution in [1.29, 1.82) is 0 Å². The van der Waals surface area contributed by atoms with Gasteiger partial charge in [-0.3, -0.25) is 4.79 Å². The minimum absolute atomic E-state index is 0.102. The molecule has 1 saturated heterocycles. The Morgan fingerprint density at radius 2 is 1.10 bits per heavy atom. The zero-order valence-electron chi connectivity index (χ0n) is 26.6. The molecule has 5 atom stereocenters. The van der Waals surface area contributed by atoms with Gasteiger partial charge in [-0.05, 0) is 38.5 Å². The summed E-state index contributed by atoms with van der Waals surface area (Å²) < 4.78 is 5.75. The molecule has 242 valence electrons. The van der Waals surface area contributed by atoms with Crippen molar-refractivity contribution >= 4 is 5.91 Å². The highest BCUT2D eigenvalue weighted by molar-refractivity contribution is 5.76. The van der Waals surface area contributed by atoms with Crippen LogP contribution in [0.25, 0.3) is 0 Å². The standard InChI is InChI=1S/C34H65NO6/c1-3-5-7-9-11-13-14-15-16-17-18-19-20-22-24-26-30(37)35(27-25-23-21-12-10-8-6-4-2)34-33(40)32(39)31(38)29(28-36)41-34/h15-16,29,31-34,36,38-40H,3-14,17-28H2,1-2H3/t29-,31-,32+,33-,34?/m1/s1. The first-order valence-electron chi connectivity index (χ1n) is 17.2. The Bertz CT molecular complexity index is 643. The molecule has 1 rings (SSSR count). The molecule has 0 aromatic rings. The van der Waals surface area contributed by atoms with Gasteiger partial charge in [0.05, 0.1) is 6.61 Å². The summed E-state index contributed by atoms with van der Waals surface area (Å²) in [6.07, 6.45) is 23.2. The molecule has 1 aliphatic heterocycles. The molecule has 1 fully saturated rings. The molecule has 0 radical (unpaired) electrons. The number of aliphatic hydroxyl groups excluding tert-OH is 4. The van der Waals surface area contributed by atoms with E-state index in [-0.39, 0.29) is 5.91 Å². The van der Waals surface area contributed by atoms with Gasteiger partial charge in [-0.2, -0.15) is 0 Å². The van der Waals surface area contributed by atoms with E-state index < -0.39 is 37.3 Å². The highest BCUT2D eigenvalue weighted by atomic mass is 16.6. The average molecular weight is 584 g/mol. The fourth-order valence-electron chi connectivity index (χ4n) is 5.64. The van der Waals surface area contributed by atoms with E-state index in [9.17, 15) is 25.2 Å². The van der Waals surface area contributed by atoms with Crippen molar-refractivity contribution in [1.82, 2.24) is 4.90 Å². The second kappa shape index (κ2) is 25.5. The van der Waals surface area contributed by atoms with Gasteiger partial charge in [0.25, 0.3) is 0 Å². The Labute approximate surface area is 251 Å². The Morgan fingerprint density at radius 1 is 0.634 bits per heavy atom. The average Bonchev–Trinajstić information content (AvgIpc) is 2.97. The van der Waals surface area contributed by atoms with Crippen LogP contribution in [0.2, 0.25) is 0 Å². The van der Waals surface area contributed by atoms with Crippen molar-refractivity contribution < 1.29 is 30.0 Å². The number of ether oxygens (including phenoxy) is 1. The fraction of sp³-hybridized carbons (Fsp3) is 0.912. The number of amides is 1. The van der Waals surface area contributed by atoms with Crippen molar-refractivity contribution in [2.24, 2.45) is 0 Å². The first-order chi connectivity index (χ1) is 20.0. The molecule has 7 heteroatoms. The topological polar surface area (TPSA) is 110 Å². The van der Waals surface area contributed by atoms with Gasteiger partial charge < -0.3 is 30.1 Å². The van der Waals surface area contributed by atoms with Crippen LogP contribution in [0.5, 0.6) is 0 Å². The zero-order chi connectivity index (χ0) is 30.1. The van der Waals surface area contributed by atoms with Gasteiger partial charge in [0.1, 0.15) is 24.4 Å². The SMILES string of the molecule is CCCCCCCCC=CCCCCCCCC(=O)N(CCCCCCCCCC)C1O[C@H](CO)[C@@H](O)[C@H](O)[C@H]1O. The van der Waals surface area contributed by atoms with Crippen LogP contribution < -0.4 is 0 Å². The van der Waals surface area contributed by atoms with Crippen LogP contribution in [-0.4, -0.2) is 75.0 Å². The summed E-state index contributed by atoms with van der Waals surface area (Å²) >= 11 is 0. The highest BCUT2D eigenvalue weighted by Crippen LogP contribution is 2.25. The van der Waals surface area contributed by atoms with Crippen LogP contribution in [0.15, 0.2) is 12.2 Å². The maximum absolute atomic E-state index is 13.3. The number of unbranched alkanes of at least 4 members (excludes halogenated alkanes) is 18. The van der Waals surface area contributed by atoms with E-state index in [1.54, 1.807) is 0 Å². The molecule has 7 nitrogen and oxygen atoms in total. The lowest BCUT2D eigenvalue weighted by Crippen LogP contribution is -2.64. The van der Waals surface area contributed by atoms with Gasteiger partial charge in [0, 0.05) is 13.0 Å². The number of aliphatic hydroxyl groups is 4. The second-order valence-corrected chi connectivity index (χ2v) is 12.1. The van der Waals surface area contributed by atoms with Crippen molar-refractivity contribution in [3.63, 3.8) is 0 Å². The van der Waals surface area contributed by atoms with Crippen molar-refractivity contribution in [3.05, 3.63) is 12.2 Å². The molecule has 1 heterocycles. The van der Waals surface area contributed by atoms with Crippen molar-refractivity contribution in [2.45, 2.75) is 186 Å². The number of allylic oxidation sites excluding steroid dienone is 2. The predicted molar refractivity (Wildman–Crippen MR) is 168 cm³/mol. The van der Waals surface area contributed by atoms with Crippen molar-refractivity contribution in [3.8, 4) is 0 Å². The van der Waals surface area contributed by atoms with Gasteiger partial charge in [0.2, 0.25) is 5.91 Å². The molecule has 0 bridgehead atoms. The predicted octanol–water partition coefficient (Wildman–Crippen LogP) is 6.79. The van der Waals surface area contributed by atoms with Crippen LogP contribution in [0.1, 0.15) is 155 Å². The summed E-state index contributed by atoms with van der Waals surface area (Å²) in [5.41, 5.74) is 0. The third kappa shape index (κ3) is 17.0. The Balaban J connectivity index is 2.38. The van der Waals surface area contributed by atoms with Gasteiger partial charge in [-0.1, -0.05) is 122 Å². The van der Waals surface area contributed by atoms with Gasteiger partial charge in [0.15, 0.2) is 6.23 Å². The highest BCUT2D eigenvalue weighted by Gasteiger charge is 2.46. The maximum Gasteiger partial charge on any atom is 0.224 e. The third-order valence-electron chi connectivity index (χ3n) is 8.40. The number of carbonyl (C=O) groups is 1. The fourth-order valence-corrected chi connectivity index (χ4v) is 5.64. The molecule has 1 amide bonds. The van der Waals surface area contributed by atoms with E-state index in [1.165, 1.54) is 88.4 Å². The quantitative estimate of drug-likeness (QED) is 0.0659. The molecule has 41 heavy (non-hydrogen) atoms. The van der Waals surface area contributed by atoms with E-state index in [4.69, 9.17) is 4.74 Å². The summed E-state index contributed by atoms with van der Waals surface area (Å²) in [5.74, 6) is -0.102. The van der Waals surface area contributed by atoms with Crippen LogP contribution in [0, 0.1) is 0 Å². The second-order valence-electron chi connectivity index (χ2n) is 12.1. The molecule has 4 N–H and O–H groups in total. The number of nitrogens with zero attached hydrogens (tertiary/aromatic N) is 1. The summed E-state index contributed by atoms with van der Waals surface area (Å²) in [4.78, 5) is 14.8. The summed E-state index contributed by atoms with van der Waals surface area (Å²) in [5, 5.41) is 40.7. The zero-order valence-corrected chi connectivity index (χ0v) is 26.6. The minimum atomic E-state index is -1.47. The Hall–Kier alpha value is -0.990. The Kier molecular flexibility index (Phi) is 23.7. The minimum Gasteiger partial charge on any atom is -0.394 e. The number of hydrogen-bond acceptors (Lipinski definition) is 6. The number of hydrogen-bond donors (Lipinski definition) is 4. The maximum atomic E-state index is 13.3. The largest absolute Gasteiger partial charge is 0.394 e. The lowest BCUT2D eigenvalue weighted by molar-refractivity contribution is -0.262. The molecule has 1 aliphatic rings. The summed E-state index contributed by atoms with van der Waals surface area (Å²) in [6, 6.07) is 0. The lowest BCUT2D eigenvalue weighted by Gasteiger charge is -2.44. The first-order valence-corrected chi connectivity index (χ1v) is 17.2. The third-order valence-corrected chi connectivity index (χ3v) is 8.40. The van der Waals surface area contributed by atoms with Gasteiger partial charge in [-0.25, -0.2) is 0 Å². The molecular formula is C34H65NO6. The van der Waals surface area contributed by atoms with E-state index >= 15 is 0 Å². The van der Waals surface area contributed by atoms with Crippen molar-refractivity contribution in [2.75, 3.05) is 13.2 Å². The van der Waals surface area contributed by atoms with E-state index in [0.717, 1.165) is 51.4 Å².